The summed E-state index contributed by atoms with van der Waals surface area (Å²) in [4.78, 5) is 0.00889. The Morgan fingerprint density at radius 3 is 2.50 bits per heavy atom. The van der Waals surface area contributed by atoms with Crippen LogP contribution in [0.4, 0.5) is 0 Å². The first-order valence-electron chi connectivity index (χ1n) is 5.35. The molecule has 0 fully saturated rings. The highest BCUT2D eigenvalue weighted by Crippen LogP contribution is 2.37. The molecule has 2 aromatic carbocycles. The van der Waals surface area contributed by atoms with Gasteiger partial charge in [-0.05, 0) is 35.4 Å². The number of halogens is 3. The quantitative estimate of drug-likeness (QED) is 0.668. The Morgan fingerprint density at radius 2 is 1.89 bits per heavy atom. The van der Waals surface area contributed by atoms with Gasteiger partial charge < -0.3 is 4.74 Å². The molecule has 0 spiro atoms. The molecule has 0 aliphatic heterocycles. The van der Waals surface area contributed by atoms with E-state index in [0.29, 0.717) is 10.0 Å². The zero-order valence-corrected chi connectivity index (χ0v) is 12.8. The van der Waals surface area contributed by atoms with Crippen LogP contribution in [-0.2, 0) is 0 Å². The van der Waals surface area contributed by atoms with Gasteiger partial charge in [0.1, 0.15) is 5.75 Å². The fourth-order valence-corrected chi connectivity index (χ4v) is 2.98. The predicted octanol–water partition coefficient (Wildman–Crippen LogP) is 5.49. The van der Waals surface area contributed by atoms with E-state index in [9.17, 15) is 0 Å². The number of rotatable bonds is 3. The predicted molar refractivity (Wildman–Crippen MR) is 80.2 cm³/mol. The van der Waals surface area contributed by atoms with E-state index in [0.717, 1.165) is 16.9 Å². The molecule has 1 nitrogen and oxygen atoms in total. The molecule has 2 aromatic rings. The van der Waals surface area contributed by atoms with Gasteiger partial charge in [0.2, 0.25) is 0 Å². The molecule has 1 atom stereocenters. The van der Waals surface area contributed by atoms with Gasteiger partial charge in [-0.25, -0.2) is 0 Å². The lowest BCUT2D eigenvalue weighted by Gasteiger charge is -2.13. The number of benzene rings is 2. The van der Waals surface area contributed by atoms with Crippen molar-refractivity contribution in [3.8, 4) is 5.75 Å². The van der Waals surface area contributed by atoms with Gasteiger partial charge in [0.15, 0.2) is 0 Å². The van der Waals surface area contributed by atoms with Crippen molar-refractivity contribution in [3.63, 3.8) is 0 Å². The Bertz CT molecular complexity index is 557. The molecule has 0 radical (unpaired) electrons. The maximum atomic E-state index is 6.25. The summed E-state index contributed by atoms with van der Waals surface area (Å²) in [6.45, 7) is 0. The van der Waals surface area contributed by atoms with E-state index in [1.807, 2.05) is 36.4 Å². The lowest BCUT2D eigenvalue weighted by Crippen LogP contribution is -1.94. The van der Waals surface area contributed by atoms with E-state index in [1.165, 1.54) is 0 Å². The number of ether oxygens (including phenoxy) is 1. The fraction of sp³-hybridized carbons (Fsp3) is 0.143. The van der Waals surface area contributed by atoms with Crippen LogP contribution in [0.1, 0.15) is 16.0 Å². The van der Waals surface area contributed by atoms with Gasteiger partial charge >= 0.3 is 0 Å². The van der Waals surface area contributed by atoms with Crippen molar-refractivity contribution >= 4 is 39.1 Å². The molecule has 0 aromatic heterocycles. The third-order valence-electron chi connectivity index (χ3n) is 2.62. The second kappa shape index (κ2) is 5.96. The first-order chi connectivity index (χ1) is 8.61. The van der Waals surface area contributed by atoms with Crippen molar-refractivity contribution in [2.45, 2.75) is 4.83 Å². The minimum atomic E-state index is 0.00889. The summed E-state index contributed by atoms with van der Waals surface area (Å²) < 4.78 is 5.13. The van der Waals surface area contributed by atoms with Gasteiger partial charge in [0.05, 0.1) is 11.9 Å². The molecular weight excluding hydrogens is 335 g/mol. The molecule has 0 heterocycles. The second-order valence-electron chi connectivity index (χ2n) is 3.81. The largest absolute Gasteiger partial charge is 0.497 e. The van der Waals surface area contributed by atoms with Crippen molar-refractivity contribution in [2.75, 3.05) is 7.11 Å². The molecule has 1 unspecified atom stereocenters. The van der Waals surface area contributed by atoms with Crippen molar-refractivity contribution in [3.05, 3.63) is 63.6 Å². The monoisotopic (exact) mass is 344 g/mol. The minimum absolute atomic E-state index is 0.00889. The molecule has 0 bridgehead atoms. The summed E-state index contributed by atoms with van der Waals surface area (Å²) in [5.41, 5.74) is 2.05. The lowest BCUT2D eigenvalue weighted by molar-refractivity contribution is 0.414. The maximum Gasteiger partial charge on any atom is 0.120 e. The molecule has 0 saturated carbocycles. The Morgan fingerprint density at radius 1 is 1.11 bits per heavy atom. The minimum Gasteiger partial charge on any atom is -0.497 e. The van der Waals surface area contributed by atoms with E-state index in [2.05, 4.69) is 15.9 Å². The Hall–Kier alpha value is -0.700. The van der Waals surface area contributed by atoms with E-state index in [1.54, 1.807) is 13.2 Å². The second-order valence-corrected chi connectivity index (χ2v) is 5.56. The number of alkyl halides is 1. The molecule has 2 rings (SSSR count). The Labute approximate surface area is 125 Å². The standard InChI is InChI=1S/C14H11BrCl2O/c1-18-11-5-6-12(13(17)8-11)14(15)9-3-2-4-10(16)7-9/h2-8,14H,1H3. The van der Waals surface area contributed by atoms with E-state index >= 15 is 0 Å². The van der Waals surface area contributed by atoms with Crippen LogP contribution in [0.2, 0.25) is 10.0 Å². The van der Waals surface area contributed by atoms with Crippen LogP contribution >= 0.6 is 39.1 Å². The van der Waals surface area contributed by atoms with Crippen molar-refractivity contribution in [1.29, 1.82) is 0 Å². The Balaban J connectivity index is 2.37. The highest BCUT2D eigenvalue weighted by atomic mass is 79.9. The van der Waals surface area contributed by atoms with Gasteiger partial charge in [-0.2, -0.15) is 0 Å². The average molecular weight is 346 g/mol. The highest BCUT2D eigenvalue weighted by Gasteiger charge is 2.14. The topological polar surface area (TPSA) is 9.23 Å². The highest BCUT2D eigenvalue weighted by molar-refractivity contribution is 9.09. The van der Waals surface area contributed by atoms with Gasteiger partial charge in [-0.15, -0.1) is 0 Å². The molecule has 94 valence electrons. The zero-order chi connectivity index (χ0) is 13.1. The van der Waals surface area contributed by atoms with Crippen LogP contribution in [0.15, 0.2) is 42.5 Å². The van der Waals surface area contributed by atoms with Crippen molar-refractivity contribution in [1.82, 2.24) is 0 Å². The molecule has 0 aliphatic rings. The number of hydrogen-bond acceptors (Lipinski definition) is 1. The summed E-state index contributed by atoms with van der Waals surface area (Å²) in [6, 6.07) is 13.3. The normalized spacial score (nSPS) is 12.2. The summed E-state index contributed by atoms with van der Waals surface area (Å²) in [7, 11) is 1.62. The first kappa shape index (κ1) is 13.7. The van der Waals surface area contributed by atoms with E-state index in [4.69, 9.17) is 27.9 Å². The first-order valence-corrected chi connectivity index (χ1v) is 7.02. The van der Waals surface area contributed by atoms with Gasteiger partial charge in [-0.1, -0.05) is 57.3 Å². The summed E-state index contributed by atoms with van der Waals surface area (Å²) in [6.07, 6.45) is 0. The van der Waals surface area contributed by atoms with Crippen molar-refractivity contribution < 1.29 is 4.74 Å². The molecule has 0 saturated heterocycles. The van der Waals surface area contributed by atoms with Crippen LogP contribution in [0.25, 0.3) is 0 Å². The summed E-state index contributed by atoms with van der Waals surface area (Å²) in [5.74, 6) is 0.745. The summed E-state index contributed by atoms with van der Waals surface area (Å²) >= 11 is 15.9. The van der Waals surface area contributed by atoms with Gasteiger partial charge in [0, 0.05) is 10.0 Å². The molecule has 4 heteroatoms. The van der Waals surface area contributed by atoms with Crippen LogP contribution in [0.5, 0.6) is 5.75 Å². The molecule has 0 N–H and O–H groups in total. The van der Waals surface area contributed by atoms with Crippen molar-refractivity contribution in [2.24, 2.45) is 0 Å². The van der Waals surface area contributed by atoms with Crippen LogP contribution in [-0.4, -0.2) is 7.11 Å². The lowest BCUT2D eigenvalue weighted by atomic mass is 10.0. The average Bonchev–Trinajstić information content (AvgIpc) is 2.37. The molecule has 0 aliphatic carbocycles. The third-order valence-corrected chi connectivity index (χ3v) is 4.21. The number of methoxy groups -OCH3 is 1. The number of hydrogen-bond donors (Lipinski definition) is 0. The third kappa shape index (κ3) is 3.00. The maximum absolute atomic E-state index is 6.25. The van der Waals surface area contributed by atoms with Crippen LogP contribution < -0.4 is 4.74 Å². The zero-order valence-electron chi connectivity index (χ0n) is 9.66. The SMILES string of the molecule is COc1ccc(C(Br)c2cccc(Cl)c2)c(Cl)c1. The summed E-state index contributed by atoms with van der Waals surface area (Å²) in [5, 5.41) is 1.37. The fourth-order valence-electron chi connectivity index (χ4n) is 1.68. The van der Waals surface area contributed by atoms with Gasteiger partial charge in [-0.3, -0.25) is 0 Å². The van der Waals surface area contributed by atoms with Crippen LogP contribution in [0, 0.1) is 0 Å². The molecular formula is C14H11BrCl2O. The molecule has 18 heavy (non-hydrogen) atoms. The Kier molecular flexibility index (Phi) is 4.55. The molecule has 0 amide bonds. The van der Waals surface area contributed by atoms with E-state index < -0.39 is 0 Å². The van der Waals surface area contributed by atoms with Gasteiger partial charge in [0.25, 0.3) is 0 Å². The van der Waals surface area contributed by atoms with Crippen LogP contribution in [0.3, 0.4) is 0 Å². The smallest absolute Gasteiger partial charge is 0.120 e. The van der Waals surface area contributed by atoms with E-state index in [-0.39, 0.29) is 4.83 Å².